The van der Waals surface area contributed by atoms with E-state index in [0.29, 0.717) is 4.47 Å². The zero-order chi connectivity index (χ0) is 18.8. The maximum Gasteiger partial charge on any atom is 0.255 e. The number of hydrogen-bond acceptors (Lipinski definition) is 3. The summed E-state index contributed by atoms with van der Waals surface area (Å²) in [5, 5.41) is 2.45. The van der Waals surface area contributed by atoms with Crippen molar-refractivity contribution in [3.05, 3.63) is 58.3 Å². The van der Waals surface area contributed by atoms with E-state index in [1.54, 1.807) is 26.8 Å². The SMILES string of the molecule is CC(C)(C)NS(=O)(=O)c1ccc(C(=O)Nc2ccc(Br)cc2F)cc1. The highest BCUT2D eigenvalue weighted by molar-refractivity contribution is 9.10. The van der Waals surface area contributed by atoms with E-state index in [0.717, 1.165) is 0 Å². The Balaban J connectivity index is 2.18. The van der Waals surface area contributed by atoms with E-state index < -0.39 is 27.3 Å². The summed E-state index contributed by atoms with van der Waals surface area (Å²) in [6.07, 6.45) is 0. The predicted octanol–water partition coefficient (Wildman–Crippen LogP) is 3.92. The van der Waals surface area contributed by atoms with Crippen LogP contribution < -0.4 is 10.0 Å². The summed E-state index contributed by atoms with van der Waals surface area (Å²) in [7, 11) is -3.68. The van der Waals surface area contributed by atoms with Crippen molar-refractivity contribution >= 4 is 37.5 Å². The standard InChI is InChI=1S/C17H18BrFN2O3S/c1-17(2,3)21-25(23,24)13-7-4-11(5-8-13)16(22)20-15-9-6-12(18)10-14(15)19/h4-10,21H,1-3H3,(H,20,22). The van der Waals surface area contributed by atoms with Gasteiger partial charge in [-0.25, -0.2) is 17.5 Å². The van der Waals surface area contributed by atoms with Crippen LogP contribution in [0.3, 0.4) is 0 Å². The first-order valence-electron chi connectivity index (χ1n) is 7.38. The number of hydrogen-bond donors (Lipinski definition) is 2. The summed E-state index contributed by atoms with van der Waals surface area (Å²) in [5.74, 6) is -1.11. The number of amides is 1. The zero-order valence-corrected chi connectivity index (χ0v) is 16.3. The van der Waals surface area contributed by atoms with Crippen molar-refractivity contribution < 1.29 is 17.6 Å². The first kappa shape index (κ1) is 19.6. The Morgan fingerprint density at radius 1 is 1.08 bits per heavy atom. The van der Waals surface area contributed by atoms with Gasteiger partial charge in [0.1, 0.15) is 5.82 Å². The minimum atomic E-state index is -3.68. The lowest BCUT2D eigenvalue weighted by Gasteiger charge is -2.20. The van der Waals surface area contributed by atoms with E-state index in [-0.39, 0.29) is 16.1 Å². The molecule has 0 aliphatic carbocycles. The highest BCUT2D eigenvalue weighted by Crippen LogP contribution is 2.20. The highest BCUT2D eigenvalue weighted by atomic mass is 79.9. The van der Waals surface area contributed by atoms with Crippen LogP contribution >= 0.6 is 15.9 Å². The van der Waals surface area contributed by atoms with Crippen molar-refractivity contribution in [2.75, 3.05) is 5.32 Å². The van der Waals surface area contributed by atoms with Crippen LogP contribution in [0, 0.1) is 5.82 Å². The maximum atomic E-state index is 13.8. The summed E-state index contributed by atoms with van der Waals surface area (Å²) >= 11 is 3.14. The molecule has 0 aromatic heterocycles. The molecule has 0 aliphatic rings. The van der Waals surface area contributed by atoms with Crippen molar-refractivity contribution in [1.82, 2.24) is 4.72 Å². The van der Waals surface area contributed by atoms with E-state index >= 15 is 0 Å². The molecule has 0 spiro atoms. The van der Waals surface area contributed by atoms with Gasteiger partial charge in [-0.05, 0) is 63.2 Å². The molecule has 0 heterocycles. The lowest BCUT2D eigenvalue weighted by atomic mass is 10.1. The summed E-state index contributed by atoms with van der Waals surface area (Å²) in [6.45, 7) is 5.21. The molecular formula is C17H18BrFN2O3S. The molecule has 0 aliphatic heterocycles. The van der Waals surface area contributed by atoms with Crippen LogP contribution in [0.2, 0.25) is 0 Å². The van der Waals surface area contributed by atoms with E-state index in [1.165, 1.54) is 36.4 Å². The number of halogens is 2. The molecule has 8 heteroatoms. The second kappa shape index (κ2) is 7.23. The van der Waals surface area contributed by atoms with Crippen molar-refractivity contribution in [2.45, 2.75) is 31.2 Å². The molecule has 0 saturated carbocycles. The molecule has 2 aromatic carbocycles. The number of carbonyl (C=O) groups is 1. The number of rotatable bonds is 4. The van der Waals surface area contributed by atoms with Crippen LogP contribution in [0.15, 0.2) is 51.8 Å². The fourth-order valence-electron chi connectivity index (χ4n) is 2.03. The van der Waals surface area contributed by atoms with Crippen molar-refractivity contribution in [3.63, 3.8) is 0 Å². The molecule has 2 aromatic rings. The normalized spacial score (nSPS) is 12.0. The highest BCUT2D eigenvalue weighted by Gasteiger charge is 2.22. The predicted molar refractivity (Wildman–Crippen MR) is 98.6 cm³/mol. The fourth-order valence-corrected chi connectivity index (χ4v) is 3.78. The fraction of sp³-hybridized carbons (Fsp3) is 0.235. The van der Waals surface area contributed by atoms with Gasteiger partial charge in [0, 0.05) is 15.6 Å². The molecule has 2 N–H and O–H groups in total. The smallest absolute Gasteiger partial charge is 0.255 e. The average molecular weight is 429 g/mol. The Morgan fingerprint density at radius 3 is 2.20 bits per heavy atom. The number of carbonyl (C=O) groups excluding carboxylic acids is 1. The Labute approximate surface area is 154 Å². The quantitative estimate of drug-likeness (QED) is 0.774. The number of anilines is 1. The first-order valence-corrected chi connectivity index (χ1v) is 9.66. The summed E-state index contributed by atoms with van der Waals surface area (Å²) in [6, 6.07) is 9.70. The molecule has 5 nitrogen and oxygen atoms in total. The van der Waals surface area contributed by atoms with Crippen LogP contribution in [-0.2, 0) is 10.0 Å². The zero-order valence-electron chi connectivity index (χ0n) is 13.9. The average Bonchev–Trinajstić information content (AvgIpc) is 2.48. The Kier molecular flexibility index (Phi) is 5.65. The molecule has 1 amide bonds. The maximum absolute atomic E-state index is 13.8. The van der Waals surface area contributed by atoms with E-state index in [1.807, 2.05) is 0 Å². The van der Waals surface area contributed by atoms with Gasteiger partial charge in [0.05, 0.1) is 10.6 Å². The minimum Gasteiger partial charge on any atom is -0.319 e. The van der Waals surface area contributed by atoms with Crippen LogP contribution in [0.5, 0.6) is 0 Å². The molecule has 0 atom stereocenters. The molecule has 25 heavy (non-hydrogen) atoms. The van der Waals surface area contributed by atoms with Gasteiger partial charge in [-0.1, -0.05) is 15.9 Å². The van der Waals surface area contributed by atoms with Crippen LogP contribution in [0.4, 0.5) is 10.1 Å². The van der Waals surface area contributed by atoms with Gasteiger partial charge in [0.2, 0.25) is 10.0 Å². The molecule has 0 bridgehead atoms. The van der Waals surface area contributed by atoms with Gasteiger partial charge in [-0.3, -0.25) is 4.79 Å². The van der Waals surface area contributed by atoms with E-state index in [4.69, 9.17) is 0 Å². The lowest BCUT2D eigenvalue weighted by Crippen LogP contribution is -2.40. The number of nitrogens with one attached hydrogen (secondary N) is 2. The third-order valence-corrected chi connectivity index (χ3v) is 5.31. The second-order valence-electron chi connectivity index (χ2n) is 6.46. The number of benzene rings is 2. The largest absolute Gasteiger partial charge is 0.319 e. The molecular weight excluding hydrogens is 411 g/mol. The topological polar surface area (TPSA) is 75.3 Å². The van der Waals surface area contributed by atoms with Gasteiger partial charge in [-0.15, -0.1) is 0 Å². The first-order chi connectivity index (χ1) is 11.5. The lowest BCUT2D eigenvalue weighted by molar-refractivity contribution is 0.102. The summed E-state index contributed by atoms with van der Waals surface area (Å²) in [4.78, 5) is 12.2. The second-order valence-corrected chi connectivity index (χ2v) is 9.06. The van der Waals surface area contributed by atoms with Crippen molar-refractivity contribution in [3.8, 4) is 0 Å². The van der Waals surface area contributed by atoms with E-state index in [9.17, 15) is 17.6 Å². The molecule has 0 saturated heterocycles. The van der Waals surface area contributed by atoms with Crippen LogP contribution in [0.1, 0.15) is 31.1 Å². The molecule has 134 valence electrons. The molecule has 2 rings (SSSR count). The van der Waals surface area contributed by atoms with Crippen molar-refractivity contribution in [2.24, 2.45) is 0 Å². The third-order valence-electron chi connectivity index (χ3n) is 3.05. The van der Waals surface area contributed by atoms with E-state index in [2.05, 4.69) is 26.0 Å². The Bertz CT molecular complexity index is 891. The Morgan fingerprint density at radius 2 is 1.68 bits per heavy atom. The van der Waals surface area contributed by atoms with Crippen LogP contribution in [-0.4, -0.2) is 19.9 Å². The molecule has 0 radical (unpaired) electrons. The number of sulfonamides is 1. The summed E-state index contributed by atoms with van der Waals surface area (Å²) < 4.78 is 41.3. The van der Waals surface area contributed by atoms with Crippen molar-refractivity contribution in [1.29, 1.82) is 0 Å². The molecule has 0 unspecified atom stereocenters. The van der Waals surface area contributed by atoms with Gasteiger partial charge < -0.3 is 5.32 Å². The molecule has 0 fully saturated rings. The monoisotopic (exact) mass is 428 g/mol. The van der Waals surface area contributed by atoms with Gasteiger partial charge in [0.15, 0.2) is 0 Å². The third kappa shape index (κ3) is 5.35. The Hall–Kier alpha value is -1.77. The van der Waals surface area contributed by atoms with Crippen LogP contribution in [0.25, 0.3) is 0 Å². The van der Waals surface area contributed by atoms with Gasteiger partial charge in [0.25, 0.3) is 5.91 Å². The van der Waals surface area contributed by atoms with Gasteiger partial charge >= 0.3 is 0 Å². The van der Waals surface area contributed by atoms with Gasteiger partial charge in [-0.2, -0.15) is 0 Å². The minimum absolute atomic E-state index is 0.0410. The summed E-state index contributed by atoms with van der Waals surface area (Å²) in [5.41, 5.74) is -0.357.